The summed E-state index contributed by atoms with van der Waals surface area (Å²) in [5, 5.41) is 7.07. The summed E-state index contributed by atoms with van der Waals surface area (Å²) in [7, 11) is 1.86. The summed E-state index contributed by atoms with van der Waals surface area (Å²) in [6, 6.07) is 4.87. The molecule has 3 rings (SSSR count). The molecule has 2 fully saturated rings. The maximum Gasteiger partial charge on any atom is 0.191 e. The number of nitrogens with zero attached hydrogens (tertiary/aromatic N) is 3. The van der Waals surface area contributed by atoms with Gasteiger partial charge in [-0.25, -0.2) is 0 Å². The van der Waals surface area contributed by atoms with Crippen molar-refractivity contribution in [2.24, 2.45) is 10.9 Å². The summed E-state index contributed by atoms with van der Waals surface area (Å²) in [6.45, 7) is 13.7. The van der Waals surface area contributed by atoms with E-state index in [2.05, 4.69) is 51.4 Å². The van der Waals surface area contributed by atoms with Crippen LogP contribution in [0, 0.1) is 12.8 Å². The summed E-state index contributed by atoms with van der Waals surface area (Å²) >= 11 is 1.90. The van der Waals surface area contributed by atoms with Crippen molar-refractivity contribution < 1.29 is 4.74 Å². The Balaban J connectivity index is 1.43. The minimum absolute atomic E-state index is 0.367. The Labute approximate surface area is 180 Å². The van der Waals surface area contributed by atoms with Gasteiger partial charge >= 0.3 is 0 Å². The molecule has 2 aliphatic heterocycles. The SMILES string of the molecule is CN=C(NCCCN1CCC(C)CC1)NCC(c1ccc(C)s1)N1CCOCC1. The predicted molar refractivity (Wildman–Crippen MR) is 123 cm³/mol. The van der Waals surface area contributed by atoms with E-state index in [9.17, 15) is 0 Å². The highest BCUT2D eigenvalue weighted by atomic mass is 32.1. The normalized spacial score (nSPS) is 21.3. The molecule has 0 spiro atoms. The predicted octanol–water partition coefficient (Wildman–Crippen LogP) is 2.72. The van der Waals surface area contributed by atoms with Crippen molar-refractivity contribution in [2.45, 2.75) is 39.2 Å². The number of piperidine rings is 1. The summed E-state index contributed by atoms with van der Waals surface area (Å²) in [5.74, 6) is 1.81. The lowest BCUT2D eigenvalue weighted by Gasteiger charge is -2.34. The molecule has 1 aromatic heterocycles. The van der Waals surface area contributed by atoms with Gasteiger partial charge in [0.1, 0.15) is 0 Å². The van der Waals surface area contributed by atoms with Crippen LogP contribution < -0.4 is 10.6 Å². The number of rotatable bonds is 8. The van der Waals surface area contributed by atoms with Gasteiger partial charge in [-0.05, 0) is 63.9 Å². The Hall–Kier alpha value is -1.15. The molecular formula is C22H39N5OS. The lowest BCUT2D eigenvalue weighted by molar-refractivity contribution is 0.0177. The van der Waals surface area contributed by atoms with Crippen molar-refractivity contribution in [3.8, 4) is 0 Å². The van der Waals surface area contributed by atoms with Crippen LogP contribution in [-0.2, 0) is 4.74 Å². The smallest absolute Gasteiger partial charge is 0.191 e. The number of likely N-dealkylation sites (tertiary alicyclic amines) is 1. The summed E-state index contributed by atoms with van der Waals surface area (Å²) in [6.07, 6.45) is 3.86. The minimum atomic E-state index is 0.367. The standard InChI is InChI=1S/C22H39N5OS/c1-18-7-11-26(12-8-18)10-4-9-24-22(23-3)25-17-20(21-6-5-19(2)29-21)27-13-15-28-16-14-27/h5-6,18,20H,4,7-17H2,1-3H3,(H2,23,24,25). The molecule has 3 heterocycles. The highest BCUT2D eigenvalue weighted by molar-refractivity contribution is 7.12. The van der Waals surface area contributed by atoms with Crippen molar-refractivity contribution >= 4 is 17.3 Å². The van der Waals surface area contributed by atoms with Crippen LogP contribution in [0.15, 0.2) is 17.1 Å². The van der Waals surface area contributed by atoms with Gasteiger partial charge in [0.2, 0.25) is 0 Å². The van der Waals surface area contributed by atoms with Crippen molar-refractivity contribution in [1.29, 1.82) is 0 Å². The Morgan fingerprint density at radius 1 is 1.21 bits per heavy atom. The summed E-state index contributed by atoms with van der Waals surface area (Å²) < 4.78 is 5.56. The topological polar surface area (TPSA) is 52.1 Å². The van der Waals surface area contributed by atoms with Crippen LogP contribution in [0.1, 0.15) is 42.0 Å². The third-order valence-electron chi connectivity index (χ3n) is 6.08. The molecule has 1 atom stereocenters. The van der Waals surface area contributed by atoms with Crippen LogP contribution in [-0.4, -0.2) is 81.8 Å². The number of guanidine groups is 1. The van der Waals surface area contributed by atoms with E-state index in [1.807, 2.05) is 18.4 Å². The van der Waals surface area contributed by atoms with Gasteiger partial charge in [-0.2, -0.15) is 0 Å². The fourth-order valence-corrected chi connectivity index (χ4v) is 5.15. The second-order valence-corrected chi connectivity index (χ2v) is 9.69. The zero-order valence-electron chi connectivity index (χ0n) is 18.5. The number of aryl methyl sites for hydroxylation is 1. The van der Waals surface area contributed by atoms with Crippen molar-refractivity contribution in [2.75, 3.05) is 66.1 Å². The molecular weight excluding hydrogens is 382 g/mol. The molecule has 29 heavy (non-hydrogen) atoms. The lowest BCUT2D eigenvalue weighted by Crippen LogP contribution is -2.46. The van der Waals surface area contributed by atoms with E-state index in [0.29, 0.717) is 6.04 Å². The number of thiophene rings is 1. The largest absolute Gasteiger partial charge is 0.379 e. The van der Waals surface area contributed by atoms with E-state index in [0.717, 1.165) is 57.7 Å². The first-order chi connectivity index (χ1) is 14.2. The van der Waals surface area contributed by atoms with Gasteiger partial charge < -0.3 is 20.3 Å². The maximum absolute atomic E-state index is 5.56. The van der Waals surface area contributed by atoms with Crippen molar-refractivity contribution in [3.05, 3.63) is 21.9 Å². The van der Waals surface area contributed by atoms with Crippen molar-refractivity contribution in [3.63, 3.8) is 0 Å². The van der Waals surface area contributed by atoms with Crippen LogP contribution in [0.25, 0.3) is 0 Å². The quantitative estimate of drug-likeness (QED) is 0.384. The number of aliphatic imine (C=N–C) groups is 1. The molecule has 0 radical (unpaired) electrons. The van der Waals surface area contributed by atoms with E-state index >= 15 is 0 Å². The molecule has 0 saturated carbocycles. The zero-order chi connectivity index (χ0) is 20.5. The van der Waals surface area contributed by atoms with E-state index < -0.39 is 0 Å². The molecule has 0 aliphatic carbocycles. The molecule has 164 valence electrons. The number of ether oxygens (including phenoxy) is 1. The van der Waals surface area contributed by atoms with Crippen LogP contribution in [0.3, 0.4) is 0 Å². The van der Waals surface area contributed by atoms with Crippen LogP contribution >= 0.6 is 11.3 Å². The molecule has 1 aromatic rings. The highest BCUT2D eigenvalue weighted by Crippen LogP contribution is 2.27. The summed E-state index contributed by atoms with van der Waals surface area (Å²) in [5.41, 5.74) is 0. The second kappa shape index (κ2) is 11.9. The van der Waals surface area contributed by atoms with Crippen LogP contribution in [0.4, 0.5) is 0 Å². The first-order valence-corrected chi connectivity index (χ1v) is 12.0. The number of nitrogens with one attached hydrogen (secondary N) is 2. The van der Waals surface area contributed by atoms with E-state index in [1.165, 1.54) is 42.2 Å². The van der Waals surface area contributed by atoms with Gasteiger partial charge in [0.15, 0.2) is 5.96 Å². The second-order valence-electron chi connectivity index (χ2n) is 8.37. The van der Waals surface area contributed by atoms with Gasteiger partial charge in [-0.1, -0.05) is 6.92 Å². The molecule has 1 unspecified atom stereocenters. The molecule has 2 saturated heterocycles. The number of morpholine rings is 1. The van der Waals surface area contributed by atoms with Gasteiger partial charge in [-0.3, -0.25) is 9.89 Å². The molecule has 0 bridgehead atoms. The minimum Gasteiger partial charge on any atom is -0.379 e. The van der Waals surface area contributed by atoms with Gasteiger partial charge in [0.05, 0.1) is 19.3 Å². The lowest BCUT2D eigenvalue weighted by atomic mass is 9.99. The first kappa shape index (κ1) is 22.5. The Morgan fingerprint density at radius 3 is 2.62 bits per heavy atom. The van der Waals surface area contributed by atoms with Gasteiger partial charge in [0, 0.05) is 43.0 Å². The maximum atomic E-state index is 5.56. The van der Waals surface area contributed by atoms with E-state index in [4.69, 9.17) is 4.74 Å². The number of hydrogen-bond acceptors (Lipinski definition) is 5. The van der Waals surface area contributed by atoms with Gasteiger partial charge in [-0.15, -0.1) is 11.3 Å². The molecule has 2 aliphatic rings. The molecule has 6 nitrogen and oxygen atoms in total. The van der Waals surface area contributed by atoms with Crippen LogP contribution in [0.5, 0.6) is 0 Å². The monoisotopic (exact) mass is 421 g/mol. The van der Waals surface area contributed by atoms with E-state index in [-0.39, 0.29) is 0 Å². The third kappa shape index (κ3) is 7.24. The van der Waals surface area contributed by atoms with E-state index in [1.54, 1.807) is 0 Å². The van der Waals surface area contributed by atoms with Crippen molar-refractivity contribution in [1.82, 2.24) is 20.4 Å². The Bertz CT molecular complexity index is 620. The molecule has 2 N–H and O–H groups in total. The molecule has 7 heteroatoms. The fraction of sp³-hybridized carbons (Fsp3) is 0.773. The highest BCUT2D eigenvalue weighted by Gasteiger charge is 2.24. The first-order valence-electron chi connectivity index (χ1n) is 11.2. The molecule has 0 aromatic carbocycles. The van der Waals surface area contributed by atoms with Crippen LogP contribution in [0.2, 0.25) is 0 Å². The number of hydrogen-bond donors (Lipinski definition) is 2. The zero-order valence-corrected chi connectivity index (χ0v) is 19.3. The average Bonchev–Trinajstić information content (AvgIpc) is 3.17. The molecule has 0 amide bonds. The third-order valence-corrected chi connectivity index (χ3v) is 7.18. The average molecular weight is 422 g/mol. The Kier molecular flexibility index (Phi) is 9.24. The van der Waals surface area contributed by atoms with Gasteiger partial charge in [0.25, 0.3) is 0 Å². The Morgan fingerprint density at radius 2 is 1.97 bits per heavy atom. The fourth-order valence-electron chi connectivity index (χ4n) is 4.14. The summed E-state index contributed by atoms with van der Waals surface area (Å²) in [4.78, 5) is 12.4.